The lowest BCUT2D eigenvalue weighted by Gasteiger charge is -2.28. The number of hydrogen-bond donors (Lipinski definition) is 2. The minimum Gasteiger partial charge on any atom is -0.356 e. The van der Waals surface area contributed by atoms with E-state index < -0.39 is 0 Å². The molecule has 2 N–H and O–H groups in total. The molecule has 0 saturated carbocycles. The Bertz CT molecular complexity index is 319. The molecule has 0 aromatic carbocycles. The lowest BCUT2D eigenvalue weighted by atomic mass is 9.84. The third-order valence-corrected chi connectivity index (χ3v) is 5.11. The molecule has 0 radical (unpaired) electrons. The van der Waals surface area contributed by atoms with Crippen LogP contribution < -0.4 is 10.6 Å². The number of piperidine rings is 1. The molecule has 0 aromatic heterocycles. The molecular weight excluding hydrogens is 333 g/mol. The lowest BCUT2D eigenvalue weighted by Crippen LogP contribution is -2.36. The van der Waals surface area contributed by atoms with Gasteiger partial charge in [-0.3, -0.25) is 4.79 Å². The monoisotopic (exact) mass is 367 g/mol. The van der Waals surface area contributed by atoms with Crippen LogP contribution in [0.2, 0.25) is 0 Å². The molecule has 4 nitrogen and oxygen atoms in total. The summed E-state index contributed by atoms with van der Waals surface area (Å²) in [5.41, 5.74) is 0. The molecule has 138 valence electrons. The number of nitrogens with zero attached hydrogens (tertiary/aromatic N) is 1. The molecular formula is C17H35Cl2N3O. The van der Waals surface area contributed by atoms with Gasteiger partial charge in [-0.25, -0.2) is 0 Å². The van der Waals surface area contributed by atoms with E-state index in [2.05, 4.69) is 29.4 Å². The van der Waals surface area contributed by atoms with Gasteiger partial charge in [0.2, 0.25) is 5.91 Å². The first-order valence-electron chi connectivity index (χ1n) is 8.85. The van der Waals surface area contributed by atoms with Crippen LogP contribution in [-0.2, 0) is 4.79 Å². The van der Waals surface area contributed by atoms with Gasteiger partial charge in [-0.1, -0.05) is 13.8 Å². The highest BCUT2D eigenvalue weighted by atomic mass is 35.5. The van der Waals surface area contributed by atoms with E-state index in [1.54, 1.807) is 0 Å². The number of likely N-dealkylation sites (tertiary alicyclic amines) is 1. The average Bonchev–Trinajstić information content (AvgIpc) is 2.99. The molecule has 2 unspecified atom stereocenters. The number of carbonyl (C=O) groups is 1. The molecule has 6 heteroatoms. The summed E-state index contributed by atoms with van der Waals surface area (Å²) in [6.45, 7) is 11.2. The SMILES string of the molecule is CC(CNC(=O)CC(C)C1CCNCC1)CN1CCCC1.Cl.Cl. The highest BCUT2D eigenvalue weighted by Crippen LogP contribution is 2.24. The molecule has 0 bridgehead atoms. The molecule has 2 saturated heterocycles. The van der Waals surface area contributed by atoms with E-state index >= 15 is 0 Å². The van der Waals surface area contributed by atoms with E-state index in [1.165, 1.54) is 38.8 Å². The van der Waals surface area contributed by atoms with Crippen molar-refractivity contribution >= 4 is 30.7 Å². The second-order valence-corrected chi connectivity index (χ2v) is 7.19. The van der Waals surface area contributed by atoms with Gasteiger partial charge in [-0.2, -0.15) is 0 Å². The largest absolute Gasteiger partial charge is 0.356 e. The quantitative estimate of drug-likeness (QED) is 0.726. The van der Waals surface area contributed by atoms with Gasteiger partial charge in [0.15, 0.2) is 0 Å². The first-order valence-corrected chi connectivity index (χ1v) is 8.85. The van der Waals surface area contributed by atoms with Gasteiger partial charge in [0.25, 0.3) is 0 Å². The minimum atomic E-state index is 0. The van der Waals surface area contributed by atoms with Gasteiger partial charge in [0.1, 0.15) is 0 Å². The molecule has 2 aliphatic heterocycles. The second-order valence-electron chi connectivity index (χ2n) is 7.19. The topological polar surface area (TPSA) is 44.4 Å². The molecule has 2 aliphatic rings. The summed E-state index contributed by atoms with van der Waals surface area (Å²) in [5.74, 6) is 2.04. The van der Waals surface area contributed by atoms with Crippen molar-refractivity contribution < 1.29 is 4.79 Å². The molecule has 0 spiro atoms. The standard InChI is InChI=1S/C17H33N3O.2ClH/c1-14(13-20-9-3-4-10-20)12-19-17(21)11-15(2)16-5-7-18-8-6-16;;/h14-16,18H,3-13H2,1-2H3,(H,19,21);2*1H. The predicted molar refractivity (Wildman–Crippen MR) is 102 cm³/mol. The van der Waals surface area contributed by atoms with Gasteiger partial charge in [0.05, 0.1) is 0 Å². The number of halogens is 2. The third kappa shape index (κ3) is 8.57. The number of rotatable bonds is 7. The Morgan fingerprint density at radius 3 is 2.39 bits per heavy atom. The average molecular weight is 368 g/mol. The van der Waals surface area contributed by atoms with Crippen molar-refractivity contribution in [1.82, 2.24) is 15.5 Å². The van der Waals surface area contributed by atoms with Crippen LogP contribution in [0, 0.1) is 17.8 Å². The summed E-state index contributed by atoms with van der Waals surface area (Å²) in [7, 11) is 0. The Morgan fingerprint density at radius 2 is 1.78 bits per heavy atom. The van der Waals surface area contributed by atoms with E-state index in [9.17, 15) is 4.79 Å². The van der Waals surface area contributed by atoms with E-state index in [0.29, 0.717) is 18.3 Å². The summed E-state index contributed by atoms with van der Waals surface area (Å²) in [6, 6.07) is 0. The van der Waals surface area contributed by atoms with Gasteiger partial charge in [0, 0.05) is 19.5 Å². The molecule has 2 rings (SSSR count). The highest BCUT2D eigenvalue weighted by molar-refractivity contribution is 5.85. The number of hydrogen-bond acceptors (Lipinski definition) is 3. The zero-order valence-electron chi connectivity index (χ0n) is 14.7. The van der Waals surface area contributed by atoms with Crippen LogP contribution in [0.1, 0.15) is 46.0 Å². The number of nitrogens with one attached hydrogen (secondary N) is 2. The Kier molecular flexibility index (Phi) is 12.3. The van der Waals surface area contributed by atoms with E-state index in [4.69, 9.17) is 0 Å². The van der Waals surface area contributed by atoms with Crippen LogP contribution in [0.3, 0.4) is 0 Å². The van der Waals surface area contributed by atoms with Crippen LogP contribution in [0.15, 0.2) is 0 Å². The van der Waals surface area contributed by atoms with Crippen LogP contribution in [0.5, 0.6) is 0 Å². The predicted octanol–water partition coefficient (Wildman–Crippen LogP) is 2.70. The molecule has 0 aliphatic carbocycles. The van der Waals surface area contributed by atoms with Gasteiger partial charge in [-0.15, -0.1) is 24.8 Å². The fraction of sp³-hybridized carbons (Fsp3) is 0.941. The Morgan fingerprint density at radius 1 is 1.17 bits per heavy atom. The van der Waals surface area contributed by atoms with E-state index in [0.717, 1.165) is 32.1 Å². The molecule has 2 atom stereocenters. The maximum absolute atomic E-state index is 12.1. The van der Waals surface area contributed by atoms with Gasteiger partial charge in [-0.05, 0) is 69.6 Å². The maximum atomic E-state index is 12.1. The molecule has 2 heterocycles. The van der Waals surface area contributed by atoms with Crippen molar-refractivity contribution in [2.24, 2.45) is 17.8 Å². The van der Waals surface area contributed by atoms with Gasteiger partial charge < -0.3 is 15.5 Å². The van der Waals surface area contributed by atoms with E-state index in [1.807, 2.05) is 0 Å². The van der Waals surface area contributed by atoms with Crippen LogP contribution in [0.25, 0.3) is 0 Å². The summed E-state index contributed by atoms with van der Waals surface area (Å²) in [5, 5.41) is 6.54. The molecule has 2 fully saturated rings. The number of amides is 1. The first-order chi connectivity index (χ1) is 10.1. The fourth-order valence-electron chi connectivity index (χ4n) is 3.70. The third-order valence-electron chi connectivity index (χ3n) is 5.11. The van der Waals surface area contributed by atoms with Crippen molar-refractivity contribution in [1.29, 1.82) is 0 Å². The summed E-state index contributed by atoms with van der Waals surface area (Å²) >= 11 is 0. The second kappa shape index (κ2) is 12.3. The molecule has 0 aromatic rings. The Hall–Kier alpha value is -0.0300. The van der Waals surface area contributed by atoms with Crippen molar-refractivity contribution in [3.05, 3.63) is 0 Å². The number of carbonyl (C=O) groups excluding carboxylic acids is 1. The Labute approximate surface area is 154 Å². The van der Waals surface area contributed by atoms with Crippen molar-refractivity contribution in [2.75, 3.05) is 39.3 Å². The van der Waals surface area contributed by atoms with Crippen LogP contribution >= 0.6 is 24.8 Å². The lowest BCUT2D eigenvalue weighted by molar-refractivity contribution is -0.122. The zero-order valence-corrected chi connectivity index (χ0v) is 16.3. The fourth-order valence-corrected chi connectivity index (χ4v) is 3.70. The molecule has 1 amide bonds. The smallest absolute Gasteiger partial charge is 0.220 e. The van der Waals surface area contributed by atoms with E-state index in [-0.39, 0.29) is 30.7 Å². The first kappa shape index (κ1) is 23.0. The normalized spacial score (nSPS) is 21.8. The minimum absolute atomic E-state index is 0. The summed E-state index contributed by atoms with van der Waals surface area (Å²) < 4.78 is 0. The van der Waals surface area contributed by atoms with Crippen LogP contribution in [0.4, 0.5) is 0 Å². The van der Waals surface area contributed by atoms with Crippen molar-refractivity contribution in [2.45, 2.75) is 46.0 Å². The zero-order chi connectivity index (χ0) is 15.1. The maximum Gasteiger partial charge on any atom is 0.220 e. The van der Waals surface area contributed by atoms with Crippen molar-refractivity contribution in [3.8, 4) is 0 Å². The van der Waals surface area contributed by atoms with Crippen LogP contribution in [-0.4, -0.2) is 50.1 Å². The highest BCUT2D eigenvalue weighted by Gasteiger charge is 2.22. The van der Waals surface area contributed by atoms with Crippen molar-refractivity contribution in [3.63, 3.8) is 0 Å². The summed E-state index contributed by atoms with van der Waals surface area (Å²) in [6.07, 6.45) is 5.82. The summed E-state index contributed by atoms with van der Waals surface area (Å²) in [4.78, 5) is 14.6. The van der Waals surface area contributed by atoms with Gasteiger partial charge >= 0.3 is 0 Å². The molecule has 23 heavy (non-hydrogen) atoms. The Balaban J connectivity index is 0.00000242.